The van der Waals surface area contributed by atoms with Crippen LogP contribution < -0.4 is 0 Å². The molecule has 0 amide bonds. The summed E-state index contributed by atoms with van der Waals surface area (Å²) in [6.45, 7) is 3.33. The minimum absolute atomic E-state index is 0.271. The van der Waals surface area contributed by atoms with Gasteiger partial charge in [-0.25, -0.2) is 0 Å². The number of fused-ring (bicyclic) bond motifs is 1. The van der Waals surface area contributed by atoms with Crippen LogP contribution >= 0.6 is 0 Å². The summed E-state index contributed by atoms with van der Waals surface area (Å²) in [4.78, 5) is 2.57. The first kappa shape index (κ1) is 13.1. The third kappa shape index (κ3) is 1.86. The van der Waals surface area contributed by atoms with Crippen molar-refractivity contribution in [3.05, 3.63) is 71.8 Å². The second-order valence-electron chi connectivity index (χ2n) is 6.10. The molecule has 2 aromatic carbocycles. The van der Waals surface area contributed by atoms with Gasteiger partial charge in [0, 0.05) is 23.7 Å². The van der Waals surface area contributed by atoms with Gasteiger partial charge in [-0.15, -0.1) is 0 Å². The van der Waals surface area contributed by atoms with Crippen molar-refractivity contribution in [2.45, 2.75) is 37.6 Å². The van der Waals surface area contributed by atoms with E-state index in [2.05, 4.69) is 72.5 Å². The molecule has 2 aliphatic rings. The Balaban J connectivity index is 1.92. The van der Waals surface area contributed by atoms with Crippen LogP contribution in [0.25, 0.3) is 0 Å². The fourth-order valence-electron chi connectivity index (χ4n) is 4.05. The van der Waals surface area contributed by atoms with E-state index in [0.717, 1.165) is 6.54 Å². The molecule has 1 unspecified atom stereocenters. The molecule has 108 valence electrons. The molecule has 4 rings (SSSR count). The van der Waals surface area contributed by atoms with Crippen molar-refractivity contribution in [1.82, 2.24) is 4.90 Å². The summed E-state index contributed by atoms with van der Waals surface area (Å²) in [7, 11) is 0. The first-order valence-electron chi connectivity index (χ1n) is 7.88. The number of nitrogens with zero attached hydrogens (tertiary/aromatic N) is 1. The fraction of sp³-hybridized carbons (Fsp3) is 0.368. The second-order valence-corrected chi connectivity index (χ2v) is 6.10. The predicted octanol–water partition coefficient (Wildman–Crippen LogP) is 3.77. The van der Waals surface area contributed by atoms with E-state index in [-0.39, 0.29) is 6.10 Å². The van der Waals surface area contributed by atoms with E-state index in [4.69, 9.17) is 4.74 Å². The number of hydrogen-bond donors (Lipinski definition) is 0. The fourth-order valence-corrected chi connectivity index (χ4v) is 4.05. The summed E-state index contributed by atoms with van der Waals surface area (Å²) in [6, 6.07) is 21.9. The van der Waals surface area contributed by atoms with Crippen LogP contribution in [-0.4, -0.2) is 23.6 Å². The zero-order valence-corrected chi connectivity index (χ0v) is 12.4. The van der Waals surface area contributed by atoms with Crippen LogP contribution in [0, 0.1) is 0 Å². The molecule has 0 aromatic heterocycles. The van der Waals surface area contributed by atoms with Gasteiger partial charge >= 0.3 is 0 Å². The molecule has 0 radical (unpaired) electrons. The topological polar surface area (TPSA) is 12.5 Å². The third-order valence-corrected chi connectivity index (χ3v) is 4.93. The van der Waals surface area contributed by atoms with E-state index in [1.807, 2.05) is 0 Å². The first-order valence-corrected chi connectivity index (χ1v) is 7.88. The highest BCUT2D eigenvalue weighted by Crippen LogP contribution is 2.48. The van der Waals surface area contributed by atoms with E-state index >= 15 is 0 Å². The smallest absolute Gasteiger partial charge is 0.174 e. The van der Waals surface area contributed by atoms with Crippen molar-refractivity contribution in [2.24, 2.45) is 0 Å². The lowest BCUT2D eigenvalue weighted by molar-refractivity contribution is -0.0723. The quantitative estimate of drug-likeness (QED) is 0.829. The van der Waals surface area contributed by atoms with Crippen LogP contribution in [0.4, 0.5) is 0 Å². The van der Waals surface area contributed by atoms with E-state index in [9.17, 15) is 0 Å². The van der Waals surface area contributed by atoms with Crippen LogP contribution in [0.5, 0.6) is 0 Å². The molecule has 0 N–H and O–H groups in total. The molecule has 2 heterocycles. The summed E-state index contributed by atoms with van der Waals surface area (Å²) in [5.74, 6) is 0. The maximum absolute atomic E-state index is 6.61. The molecular formula is C19H21NO. The van der Waals surface area contributed by atoms with E-state index in [1.165, 1.54) is 24.0 Å². The lowest BCUT2D eigenvalue weighted by Crippen LogP contribution is -2.44. The summed E-state index contributed by atoms with van der Waals surface area (Å²) >= 11 is 0. The van der Waals surface area contributed by atoms with Gasteiger partial charge in [0.2, 0.25) is 0 Å². The summed E-state index contributed by atoms with van der Waals surface area (Å²) in [6.07, 6.45) is 2.77. The van der Waals surface area contributed by atoms with Crippen molar-refractivity contribution in [1.29, 1.82) is 0 Å². The Bertz CT molecular complexity index is 570. The van der Waals surface area contributed by atoms with E-state index < -0.39 is 5.72 Å². The largest absolute Gasteiger partial charge is 0.347 e. The summed E-state index contributed by atoms with van der Waals surface area (Å²) in [5, 5.41) is 0. The monoisotopic (exact) mass is 279 g/mol. The molecule has 2 aliphatic heterocycles. The highest BCUT2D eigenvalue weighted by atomic mass is 16.5. The Kier molecular flexibility index (Phi) is 3.09. The average molecular weight is 279 g/mol. The molecule has 2 nitrogen and oxygen atoms in total. The maximum atomic E-state index is 6.61. The highest BCUT2D eigenvalue weighted by Gasteiger charge is 2.54. The minimum atomic E-state index is -0.414. The molecule has 2 heteroatoms. The predicted molar refractivity (Wildman–Crippen MR) is 83.9 cm³/mol. The van der Waals surface area contributed by atoms with Crippen molar-refractivity contribution in [3.63, 3.8) is 0 Å². The third-order valence-electron chi connectivity index (χ3n) is 4.93. The Morgan fingerprint density at radius 1 is 0.952 bits per heavy atom. The maximum Gasteiger partial charge on any atom is 0.174 e. The number of rotatable bonds is 2. The van der Waals surface area contributed by atoms with E-state index in [0.29, 0.717) is 6.04 Å². The van der Waals surface area contributed by atoms with Gasteiger partial charge in [0.05, 0.1) is 6.10 Å². The number of ether oxygens (including phenoxy) is 1. The second kappa shape index (κ2) is 4.97. The van der Waals surface area contributed by atoms with Gasteiger partial charge < -0.3 is 4.74 Å². The molecule has 0 aliphatic carbocycles. The van der Waals surface area contributed by atoms with Crippen molar-refractivity contribution >= 4 is 0 Å². The van der Waals surface area contributed by atoms with Crippen molar-refractivity contribution in [3.8, 4) is 0 Å². The van der Waals surface area contributed by atoms with Gasteiger partial charge in [0.15, 0.2) is 5.72 Å². The van der Waals surface area contributed by atoms with Gasteiger partial charge in [-0.3, -0.25) is 4.90 Å². The molecule has 2 saturated heterocycles. The van der Waals surface area contributed by atoms with Crippen LogP contribution in [-0.2, 0) is 10.5 Å². The van der Waals surface area contributed by atoms with Crippen molar-refractivity contribution < 1.29 is 4.74 Å². The molecule has 0 saturated carbocycles. The van der Waals surface area contributed by atoms with Gasteiger partial charge in [-0.05, 0) is 19.8 Å². The molecule has 0 bridgehead atoms. The van der Waals surface area contributed by atoms with Crippen LogP contribution in [0.3, 0.4) is 0 Å². The number of benzene rings is 2. The Hall–Kier alpha value is -1.64. The van der Waals surface area contributed by atoms with Gasteiger partial charge in [-0.1, -0.05) is 60.7 Å². The highest BCUT2D eigenvalue weighted by molar-refractivity contribution is 5.38. The molecule has 2 aromatic rings. The first-order chi connectivity index (χ1) is 10.3. The van der Waals surface area contributed by atoms with Gasteiger partial charge in [0.25, 0.3) is 0 Å². The zero-order valence-electron chi connectivity index (χ0n) is 12.4. The SMILES string of the molecule is CC1OC(c2ccccc2)(c2ccccc2)N2CCC[C@H]12. The van der Waals surface area contributed by atoms with Crippen LogP contribution in [0.1, 0.15) is 30.9 Å². The number of hydrogen-bond acceptors (Lipinski definition) is 2. The van der Waals surface area contributed by atoms with Crippen LogP contribution in [0.2, 0.25) is 0 Å². The molecule has 21 heavy (non-hydrogen) atoms. The Labute approximate surface area is 126 Å². The molecule has 2 fully saturated rings. The van der Waals surface area contributed by atoms with E-state index in [1.54, 1.807) is 0 Å². The Morgan fingerprint density at radius 2 is 1.52 bits per heavy atom. The summed E-state index contributed by atoms with van der Waals surface area (Å²) < 4.78 is 6.61. The zero-order chi connectivity index (χ0) is 14.3. The summed E-state index contributed by atoms with van der Waals surface area (Å²) in [5.41, 5.74) is 2.07. The van der Waals surface area contributed by atoms with Crippen LogP contribution in [0.15, 0.2) is 60.7 Å². The molecular weight excluding hydrogens is 258 g/mol. The normalized spacial score (nSPS) is 27.7. The molecule has 0 spiro atoms. The Morgan fingerprint density at radius 3 is 2.10 bits per heavy atom. The lowest BCUT2D eigenvalue weighted by Gasteiger charge is -2.37. The molecule has 2 atom stereocenters. The minimum Gasteiger partial charge on any atom is -0.347 e. The van der Waals surface area contributed by atoms with Crippen molar-refractivity contribution in [2.75, 3.05) is 6.54 Å². The lowest BCUT2D eigenvalue weighted by atomic mass is 9.93. The standard InChI is InChI=1S/C19H21NO/c1-15-18-13-8-14-20(18)19(21-15,16-9-4-2-5-10-16)17-11-6-3-7-12-17/h2-7,9-12,15,18H,8,13-14H2,1H3/t15?,18-/m1/s1. The van der Waals surface area contributed by atoms with Gasteiger partial charge in [0.1, 0.15) is 0 Å². The average Bonchev–Trinajstić information content (AvgIpc) is 3.13. The van der Waals surface area contributed by atoms with Gasteiger partial charge in [-0.2, -0.15) is 0 Å².